The van der Waals surface area contributed by atoms with Crippen LogP contribution in [0.15, 0.2) is 30.5 Å². The van der Waals surface area contributed by atoms with E-state index in [2.05, 4.69) is 11.9 Å². The zero-order valence-corrected chi connectivity index (χ0v) is 11.5. The fraction of sp³-hybridized carbons (Fsp3) is 0.357. The molecule has 1 atom stereocenters. The van der Waals surface area contributed by atoms with Gasteiger partial charge in [0, 0.05) is 22.7 Å². The first-order chi connectivity index (χ1) is 8.70. The average molecular weight is 262 g/mol. The highest BCUT2D eigenvalue weighted by atomic mass is 32.1. The zero-order valence-electron chi connectivity index (χ0n) is 10.7. The zero-order chi connectivity index (χ0) is 13.0. The average Bonchev–Trinajstić information content (AvgIpc) is 2.86. The maximum atomic E-state index is 5.85. The highest BCUT2D eigenvalue weighted by Gasteiger charge is 2.08. The molecule has 2 rings (SSSR count). The molecule has 2 aromatic rings. The molecule has 2 N–H and O–H groups in total. The van der Waals surface area contributed by atoms with E-state index in [9.17, 15) is 0 Å². The maximum absolute atomic E-state index is 5.85. The van der Waals surface area contributed by atoms with Crippen molar-refractivity contribution in [1.82, 2.24) is 4.98 Å². The molecule has 0 aliphatic heterocycles. The van der Waals surface area contributed by atoms with E-state index in [4.69, 9.17) is 10.5 Å². The Morgan fingerprint density at radius 3 is 2.94 bits per heavy atom. The van der Waals surface area contributed by atoms with Gasteiger partial charge in [0.2, 0.25) is 0 Å². The molecule has 4 heteroatoms. The van der Waals surface area contributed by atoms with Gasteiger partial charge in [-0.3, -0.25) is 0 Å². The minimum atomic E-state index is 0.0378. The molecule has 0 fully saturated rings. The Kier molecular flexibility index (Phi) is 4.33. The summed E-state index contributed by atoms with van der Waals surface area (Å²) in [5.74, 6) is 0.895. The smallest absolute Gasteiger partial charge is 0.123 e. The van der Waals surface area contributed by atoms with Crippen LogP contribution in [0.5, 0.6) is 5.75 Å². The fourth-order valence-electron chi connectivity index (χ4n) is 1.57. The second kappa shape index (κ2) is 5.98. The molecule has 1 aromatic carbocycles. The summed E-state index contributed by atoms with van der Waals surface area (Å²) in [5.41, 5.74) is 6.93. The first-order valence-corrected chi connectivity index (χ1v) is 6.97. The molecule has 1 aromatic heterocycles. The minimum absolute atomic E-state index is 0.0378. The van der Waals surface area contributed by atoms with Crippen molar-refractivity contribution in [3.8, 4) is 16.3 Å². The van der Waals surface area contributed by atoms with Crippen LogP contribution in [-0.4, -0.2) is 11.6 Å². The summed E-state index contributed by atoms with van der Waals surface area (Å²) in [5, 5.41) is 0.990. The summed E-state index contributed by atoms with van der Waals surface area (Å²) in [4.78, 5) is 5.51. The van der Waals surface area contributed by atoms with E-state index in [1.54, 1.807) is 11.3 Å². The molecule has 3 nitrogen and oxygen atoms in total. The van der Waals surface area contributed by atoms with Gasteiger partial charge >= 0.3 is 0 Å². The number of thiazole rings is 1. The van der Waals surface area contributed by atoms with Crippen molar-refractivity contribution in [2.75, 3.05) is 6.61 Å². The molecule has 0 amide bonds. The molecule has 0 saturated carbocycles. The first kappa shape index (κ1) is 13.1. The van der Waals surface area contributed by atoms with Crippen molar-refractivity contribution in [3.63, 3.8) is 0 Å². The molecular weight excluding hydrogens is 244 g/mol. The van der Waals surface area contributed by atoms with Gasteiger partial charge in [-0.25, -0.2) is 4.98 Å². The van der Waals surface area contributed by atoms with Gasteiger partial charge in [0.05, 0.1) is 6.61 Å². The molecule has 0 saturated heterocycles. The summed E-state index contributed by atoms with van der Waals surface area (Å²) in [6, 6.07) is 8.07. The Hall–Kier alpha value is -1.39. The van der Waals surface area contributed by atoms with E-state index >= 15 is 0 Å². The second-order valence-corrected chi connectivity index (χ2v) is 5.29. The Bertz CT molecular complexity index is 508. The summed E-state index contributed by atoms with van der Waals surface area (Å²) in [6.45, 7) is 4.81. The lowest BCUT2D eigenvalue weighted by molar-refractivity contribution is 0.317. The third kappa shape index (κ3) is 3.09. The molecular formula is C14H18N2OS. The van der Waals surface area contributed by atoms with E-state index < -0.39 is 0 Å². The molecule has 1 unspecified atom stereocenters. The van der Waals surface area contributed by atoms with Gasteiger partial charge in [-0.1, -0.05) is 19.1 Å². The lowest BCUT2D eigenvalue weighted by atomic mass is 10.2. The van der Waals surface area contributed by atoms with Crippen LogP contribution in [0.25, 0.3) is 10.6 Å². The Morgan fingerprint density at radius 2 is 2.28 bits per heavy atom. The van der Waals surface area contributed by atoms with Crippen LogP contribution in [0.4, 0.5) is 0 Å². The number of hydrogen-bond donors (Lipinski definition) is 1. The van der Waals surface area contributed by atoms with Gasteiger partial charge in [0.1, 0.15) is 10.8 Å². The number of nitrogens with zero attached hydrogens (tertiary/aromatic N) is 1. The fourth-order valence-corrected chi connectivity index (χ4v) is 2.43. The molecule has 0 bridgehead atoms. The standard InChI is InChI=1S/C14H18N2OS/c1-3-7-17-12-6-4-5-11(8-12)14-16-9-13(18-14)10(2)15/h4-6,8-10H,3,7,15H2,1-2H3. The molecule has 1 heterocycles. The number of hydrogen-bond acceptors (Lipinski definition) is 4. The van der Waals surface area contributed by atoms with Crippen LogP contribution in [0, 0.1) is 0 Å². The number of aromatic nitrogens is 1. The Balaban J connectivity index is 2.21. The quantitative estimate of drug-likeness (QED) is 0.895. The minimum Gasteiger partial charge on any atom is -0.494 e. The largest absolute Gasteiger partial charge is 0.494 e. The van der Waals surface area contributed by atoms with Crippen LogP contribution in [-0.2, 0) is 0 Å². The van der Waals surface area contributed by atoms with Gasteiger partial charge in [0.25, 0.3) is 0 Å². The summed E-state index contributed by atoms with van der Waals surface area (Å²) >= 11 is 1.63. The van der Waals surface area contributed by atoms with Crippen molar-refractivity contribution in [3.05, 3.63) is 35.3 Å². The molecule has 0 spiro atoms. The lowest BCUT2D eigenvalue weighted by Crippen LogP contribution is -2.01. The number of rotatable bonds is 5. The second-order valence-electron chi connectivity index (χ2n) is 4.23. The molecule has 96 valence electrons. The predicted molar refractivity (Wildman–Crippen MR) is 75.9 cm³/mol. The number of nitrogens with two attached hydrogens (primary N) is 1. The summed E-state index contributed by atoms with van der Waals surface area (Å²) < 4.78 is 5.62. The molecule has 0 aliphatic rings. The van der Waals surface area contributed by atoms with Gasteiger partial charge in [0.15, 0.2) is 0 Å². The van der Waals surface area contributed by atoms with E-state index in [1.807, 2.05) is 37.4 Å². The van der Waals surface area contributed by atoms with Gasteiger partial charge < -0.3 is 10.5 Å². The third-order valence-electron chi connectivity index (χ3n) is 2.53. The van der Waals surface area contributed by atoms with Crippen LogP contribution >= 0.6 is 11.3 Å². The maximum Gasteiger partial charge on any atom is 0.123 e. The molecule has 18 heavy (non-hydrogen) atoms. The van der Waals surface area contributed by atoms with Gasteiger partial charge in [-0.15, -0.1) is 11.3 Å². The van der Waals surface area contributed by atoms with E-state index in [0.29, 0.717) is 0 Å². The molecule has 0 aliphatic carbocycles. The van der Waals surface area contributed by atoms with E-state index in [0.717, 1.165) is 34.2 Å². The topological polar surface area (TPSA) is 48.1 Å². The highest BCUT2D eigenvalue weighted by Crippen LogP contribution is 2.29. The van der Waals surface area contributed by atoms with E-state index in [1.165, 1.54) is 0 Å². The predicted octanol–water partition coefficient (Wildman–Crippen LogP) is 3.62. The third-order valence-corrected chi connectivity index (χ3v) is 3.77. The normalized spacial score (nSPS) is 12.4. The highest BCUT2D eigenvalue weighted by molar-refractivity contribution is 7.15. The Morgan fingerprint density at radius 1 is 1.44 bits per heavy atom. The van der Waals surface area contributed by atoms with Crippen molar-refractivity contribution in [2.24, 2.45) is 5.73 Å². The molecule has 0 radical (unpaired) electrons. The van der Waals surface area contributed by atoms with Crippen LogP contribution in [0.3, 0.4) is 0 Å². The SMILES string of the molecule is CCCOc1cccc(-c2ncc(C(C)N)s2)c1. The van der Waals surface area contributed by atoms with Crippen molar-refractivity contribution >= 4 is 11.3 Å². The summed E-state index contributed by atoms with van der Waals surface area (Å²) in [7, 11) is 0. The van der Waals surface area contributed by atoms with Gasteiger partial charge in [-0.05, 0) is 25.5 Å². The van der Waals surface area contributed by atoms with Gasteiger partial charge in [-0.2, -0.15) is 0 Å². The summed E-state index contributed by atoms with van der Waals surface area (Å²) in [6.07, 6.45) is 2.86. The van der Waals surface area contributed by atoms with Crippen molar-refractivity contribution in [1.29, 1.82) is 0 Å². The van der Waals surface area contributed by atoms with Crippen LogP contribution in [0.1, 0.15) is 31.2 Å². The number of ether oxygens (including phenoxy) is 1. The lowest BCUT2D eigenvalue weighted by Gasteiger charge is -2.05. The van der Waals surface area contributed by atoms with Crippen LogP contribution in [0.2, 0.25) is 0 Å². The van der Waals surface area contributed by atoms with Crippen LogP contribution < -0.4 is 10.5 Å². The van der Waals surface area contributed by atoms with Crippen molar-refractivity contribution in [2.45, 2.75) is 26.3 Å². The number of benzene rings is 1. The van der Waals surface area contributed by atoms with Crippen molar-refractivity contribution < 1.29 is 4.74 Å². The first-order valence-electron chi connectivity index (χ1n) is 6.15. The Labute approximate surface area is 112 Å². The monoisotopic (exact) mass is 262 g/mol. The van der Waals surface area contributed by atoms with E-state index in [-0.39, 0.29) is 6.04 Å².